The van der Waals surface area contributed by atoms with Crippen LogP contribution in [0.1, 0.15) is 27.7 Å². The Morgan fingerprint density at radius 1 is 1.12 bits per heavy atom. The number of rotatable bonds is 1. The number of thiophene rings is 1. The molecule has 4 heterocycles. The molecule has 1 aliphatic rings. The van der Waals surface area contributed by atoms with Gasteiger partial charge in [-0.15, -0.1) is 11.3 Å². The molecule has 26 heavy (non-hydrogen) atoms. The molecule has 7 heteroatoms. The number of hydrogen-bond donors (Lipinski definition) is 1. The van der Waals surface area contributed by atoms with Crippen LogP contribution in [0, 0.1) is 6.92 Å². The van der Waals surface area contributed by atoms with Crippen molar-refractivity contribution < 1.29 is 9.15 Å². The van der Waals surface area contributed by atoms with Gasteiger partial charge in [-0.05, 0) is 30.5 Å². The molecule has 0 amide bonds. The van der Waals surface area contributed by atoms with Crippen LogP contribution < -0.4 is 15.9 Å². The summed E-state index contributed by atoms with van der Waals surface area (Å²) in [4.78, 5) is 33.4. The molecule has 4 aromatic rings. The van der Waals surface area contributed by atoms with Gasteiger partial charge in [-0.2, -0.15) is 4.98 Å². The van der Waals surface area contributed by atoms with Crippen LogP contribution in [0.4, 0.5) is 0 Å². The molecular formula is C19H12N2O4S. The quantitative estimate of drug-likeness (QED) is 0.460. The normalized spacial score (nSPS) is 15.3. The van der Waals surface area contributed by atoms with Gasteiger partial charge in [-0.1, -0.05) is 18.2 Å². The standard InChI is InChI=1S/C19H12N2O4S/c1-9-20-17(22)15-13(12-7-4-8-26-12)14-16(25-18(15)21-9)10-5-2-3-6-11(10)24-19(14)23/h2-8,13H,1H3,(H,20,21,22)/t13-/m0/s1. The van der Waals surface area contributed by atoms with Gasteiger partial charge in [0.05, 0.1) is 22.4 Å². The lowest BCUT2D eigenvalue weighted by Gasteiger charge is -2.25. The number of aromatic amines is 1. The number of nitrogens with zero attached hydrogens (tertiary/aromatic N) is 1. The van der Waals surface area contributed by atoms with Crippen LogP contribution in [0.25, 0.3) is 11.0 Å². The second-order valence-electron chi connectivity index (χ2n) is 6.05. The Bertz CT molecular complexity index is 1270. The molecule has 1 aliphatic heterocycles. The Morgan fingerprint density at radius 3 is 2.77 bits per heavy atom. The summed E-state index contributed by atoms with van der Waals surface area (Å²) in [6.07, 6.45) is 0. The predicted octanol–water partition coefficient (Wildman–Crippen LogP) is 3.53. The van der Waals surface area contributed by atoms with Crippen molar-refractivity contribution in [2.75, 3.05) is 0 Å². The maximum Gasteiger partial charge on any atom is 0.344 e. The van der Waals surface area contributed by atoms with E-state index in [9.17, 15) is 9.59 Å². The van der Waals surface area contributed by atoms with Gasteiger partial charge >= 0.3 is 5.63 Å². The lowest BCUT2D eigenvalue weighted by molar-refractivity contribution is 0.419. The summed E-state index contributed by atoms with van der Waals surface area (Å²) in [5, 5.41) is 2.58. The summed E-state index contributed by atoms with van der Waals surface area (Å²) in [7, 11) is 0. The van der Waals surface area contributed by atoms with Gasteiger partial charge < -0.3 is 14.1 Å². The van der Waals surface area contributed by atoms with Gasteiger partial charge in [0.15, 0.2) is 5.75 Å². The molecule has 0 fully saturated rings. The fraction of sp³-hybridized carbons (Fsp3) is 0.105. The number of para-hydroxylation sites is 1. The maximum atomic E-state index is 12.8. The van der Waals surface area contributed by atoms with Crippen molar-refractivity contribution in [3.8, 4) is 11.6 Å². The van der Waals surface area contributed by atoms with Crippen LogP contribution in [0.15, 0.2) is 55.8 Å². The monoisotopic (exact) mass is 364 g/mol. The first kappa shape index (κ1) is 15.1. The third kappa shape index (κ3) is 2.07. The fourth-order valence-corrected chi connectivity index (χ4v) is 4.22. The largest absolute Gasteiger partial charge is 0.437 e. The van der Waals surface area contributed by atoms with E-state index in [1.54, 1.807) is 19.1 Å². The number of aryl methyl sites for hydroxylation is 1. The van der Waals surface area contributed by atoms with Crippen molar-refractivity contribution in [3.05, 3.63) is 84.4 Å². The Hall–Kier alpha value is -3.19. The third-order valence-corrected chi connectivity index (χ3v) is 5.38. The molecule has 0 saturated heterocycles. The first-order valence-corrected chi connectivity index (χ1v) is 8.89. The highest BCUT2D eigenvalue weighted by Gasteiger charge is 2.37. The van der Waals surface area contributed by atoms with Gasteiger partial charge in [0.25, 0.3) is 5.56 Å². The van der Waals surface area contributed by atoms with E-state index in [0.717, 1.165) is 4.88 Å². The number of ether oxygens (including phenoxy) is 1. The van der Waals surface area contributed by atoms with Crippen LogP contribution in [-0.2, 0) is 0 Å². The van der Waals surface area contributed by atoms with Crippen LogP contribution >= 0.6 is 11.3 Å². The molecule has 5 rings (SSSR count). The lowest BCUT2D eigenvalue weighted by atomic mass is 9.89. The van der Waals surface area contributed by atoms with E-state index < -0.39 is 11.5 Å². The number of fused-ring (bicyclic) bond motifs is 4. The topological polar surface area (TPSA) is 85.2 Å². The Balaban J connectivity index is 1.94. The van der Waals surface area contributed by atoms with E-state index in [2.05, 4.69) is 9.97 Å². The molecule has 6 nitrogen and oxygen atoms in total. The molecule has 0 bridgehead atoms. The first-order valence-electron chi connectivity index (χ1n) is 8.01. The van der Waals surface area contributed by atoms with Crippen molar-refractivity contribution in [1.29, 1.82) is 0 Å². The molecule has 0 aliphatic carbocycles. The number of hydrogen-bond acceptors (Lipinski definition) is 6. The van der Waals surface area contributed by atoms with Gasteiger partial charge in [0, 0.05) is 4.88 Å². The molecule has 3 aromatic heterocycles. The molecule has 0 saturated carbocycles. The average molecular weight is 364 g/mol. The highest BCUT2D eigenvalue weighted by molar-refractivity contribution is 7.10. The molecule has 0 radical (unpaired) electrons. The van der Waals surface area contributed by atoms with Crippen molar-refractivity contribution >= 4 is 22.3 Å². The third-order valence-electron chi connectivity index (χ3n) is 4.44. The summed E-state index contributed by atoms with van der Waals surface area (Å²) in [6, 6.07) is 11.0. The molecule has 0 unspecified atom stereocenters. The molecule has 1 N–H and O–H groups in total. The first-order chi connectivity index (χ1) is 12.6. The fourth-order valence-electron chi connectivity index (χ4n) is 3.38. The summed E-state index contributed by atoms with van der Waals surface area (Å²) in [5.74, 6) is 0.508. The highest BCUT2D eigenvalue weighted by Crippen LogP contribution is 2.47. The second kappa shape index (κ2) is 5.40. The van der Waals surface area contributed by atoms with Crippen molar-refractivity contribution in [2.24, 2.45) is 0 Å². The Kier molecular flexibility index (Phi) is 3.14. The Morgan fingerprint density at radius 2 is 1.96 bits per heavy atom. The zero-order valence-electron chi connectivity index (χ0n) is 13.6. The van der Waals surface area contributed by atoms with Crippen LogP contribution in [0.5, 0.6) is 11.6 Å². The lowest BCUT2D eigenvalue weighted by Crippen LogP contribution is -2.28. The van der Waals surface area contributed by atoms with Crippen LogP contribution in [0.3, 0.4) is 0 Å². The number of aromatic nitrogens is 2. The van der Waals surface area contributed by atoms with Crippen LogP contribution in [-0.4, -0.2) is 9.97 Å². The van der Waals surface area contributed by atoms with Gasteiger partial charge in [0.2, 0.25) is 5.88 Å². The van der Waals surface area contributed by atoms with Crippen molar-refractivity contribution in [2.45, 2.75) is 12.8 Å². The number of nitrogens with one attached hydrogen (secondary N) is 1. The van der Waals surface area contributed by atoms with Crippen LogP contribution in [0.2, 0.25) is 0 Å². The summed E-state index contributed by atoms with van der Waals surface area (Å²) in [5.41, 5.74) is 0.265. The average Bonchev–Trinajstić information content (AvgIpc) is 3.14. The molecule has 1 aromatic carbocycles. The SMILES string of the molecule is Cc1nc2c(c(=O)[nH]1)[C@@H](c1cccs1)c1c(c3ccccc3oc1=O)O2. The maximum absolute atomic E-state index is 12.8. The zero-order chi connectivity index (χ0) is 17.8. The van der Waals surface area contributed by atoms with E-state index in [-0.39, 0.29) is 11.4 Å². The van der Waals surface area contributed by atoms with Gasteiger partial charge in [-0.25, -0.2) is 4.79 Å². The van der Waals surface area contributed by atoms with Gasteiger partial charge in [-0.3, -0.25) is 4.79 Å². The van der Waals surface area contributed by atoms with E-state index in [4.69, 9.17) is 9.15 Å². The van der Waals surface area contributed by atoms with E-state index in [0.29, 0.717) is 33.7 Å². The van der Waals surface area contributed by atoms with Crippen molar-refractivity contribution in [1.82, 2.24) is 9.97 Å². The smallest absolute Gasteiger partial charge is 0.344 e. The summed E-state index contributed by atoms with van der Waals surface area (Å²) < 4.78 is 11.5. The minimum absolute atomic E-state index is 0.230. The second-order valence-corrected chi connectivity index (χ2v) is 7.03. The summed E-state index contributed by atoms with van der Waals surface area (Å²) in [6.45, 7) is 1.69. The molecule has 1 atom stereocenters. The predicted molar refractivity (Wildman–Crippen MR) is 97.4 cm³/mol. The molecular weight excluding hydrogens is 352 g/mol. The molecule has 128 valence electrons. The zero-order valence-corrected chi connectivity index (χ0v) is 14.4. The van der Waals surface area contributed by atoms with E-state index >= 15 is 0 Å². The summed E-state index contributed by atoms with van der Waals surface area (Å²) >= 11 is 1.47. The van der Waals surface area contributed by atoms with Crippen molar-refractivity contribution in [3.63, 3.8) is 0 Å². The highest BCUT2D eigenvalue weighted by atomic mass is 32.1. The van der Waals surface area contributed by atoms with Gasteiger partial charge in [0.1, 0.15) is 11.4 Å². The minimum atomic E-state index is -0.577. The Labute approximate surface area is 150 Å². The number of H-pyrrole nitrogens is 1. The minimum Gasteiger partial charge on any atom is -0.437 e. The molecule has 0 spiro atoms. The number of benzene rings is 1. The van der Waals surface area contributed by atoms with E-state index in [1.165, 1.54) is 11.3 Å². The van der Waals surface area contributed by atoms with E-state index in [1.807, 2.05) is 29.6 Å².